The van der Waals surface area contributed by atoms with E-state index in [1.165, 1.54) is 0 Å². The summed E-state index contributed by atoms with van der Waals surface area (Å²) < 4.78 is 0. The Morgan fingerprint density at radius 3 is 2.41 bits per heavy atom. The van der Waals surface area contributed by atoms with Crippen LogP contribution < -0.4 is 5.73 Å². The molecule has 0 spiro atoms. The maximum atomic E-state index is 10.7. The lowest BCUT2D eigenvalue weighted by Gasteiger charge is -2.13. The van der Waals surface area contributed by atoms with Crippen molar-refractivity contribution in [2.24, 2.45) is 15.9 Å². The summed E-state index contributed by atoms with van der Waals surface area (Å²) in [5.74, 6) is 0.319. The van der Waals surface area contributed by atoms with Gasteiger partial charge in [-0.1, -0.05) is 86.1 Å². The minimum atomic E-state index is -0.721. The summed E-state index contributed by atoms with van der Waals surface area (Å²) in [6.45, 7) is 2.11. The highest BCUT2D eigenvalue weighted by atomic mass is 16.3. The van der Waals surface area contributed by atoms with E-state index in [2.05, 4.69) is 17.1 Å². The maximum absolute atomic E-state index is 10.7. The quantitative estimate of drug-likeness (QED) is 0.360. The largest absolute Gasteiger partial charge is 0.388 e. The molecular formula is C23H25N3O. The van der Waals surface area contributed by atoms with Crippen LogP contribution >= 0.6 is 0 Å². The smallest absolute Gasteiger partial charge is 0.125 e. The summed E-state index contributed by atoms with van der Waals surface area (Å²) in [4.78, 5) is 0. The molecule has 0 aromatic heterocycles. The number of amidine groups is 1. The van der Waals surface area contributed by atoms with Gasteiger partial charge in [0.15, 0.2) is 0 Å². The molecule has 0 saturated carbocycles. The van der Waals surface area contributed by atoms with E-state index in [0.717, 1.165) is 40.5 Å². The summed E-state index contributed by atoms with van der Waals surface area (Å²) in [6, 6.07) is 23.9. The van der Waals surface area contributed by atoms with Crippen LogP contribution in [0.1, 0.15) is 43.4 Å². The van der Waals surface area contributed by atoms with E-state index in [1.807, 2.05) is 72.8 Å². The molecule has 3 rings (SSSR count). The van der Waals surface area contributed by atoms with E-state index in [1.54, 1.807) is 0 Å². The molecule has 1 unspecified atom stereocenters. The van der Waals surface area contributed by atoms with Gasteiger partial charge in [-0.3, -0.25) is 0 Å². The molecule has 0 saturated heterocycles. The zero-order valence-electron chi connectivity index (χ0n) is 15.5. The lowest BCUT2D eigenvalue weighted by molar-refractivity contribution is 0.187. The summed E-state index contributed by atoms with van der Waals surface area (Å²) in [5.41, 5.74) is 8.87. The van der Waals surface area contributed by atoms with Crippen LogP contribution in [0.2, 0.25) is 0 Å². The number of hydrogen-bond acceptors (Lipinski definition) is 3. The highest BCUT2D eigenvalue weighted by Crippen LogP contribution is 2.26. The second kappa shape index (κ2) is 9.10. The zero-order chi connectivity index (χ0) is 19.1. The first kappa shape index (κ1) is 18.8. The van der Waals surface area contributed by atoms with Crippen LogP contribution in [-0.4, -0.2) is 16.7 Å². The van der Waals surface area contributed by atoms with Gasteiger partial charge in [-0.05, 0) is 28.3 Å². The summed E-state index contributed by atoms with van der Waals surface area (Å²) in [6.07, 6.45) is 1.32. The van der Waals surface area contributed by atoms with E-state index in [0.29, 0.717) is 5.84 Å². The molecule has 4 heteroatoms. The number of hydrogen-bond donors (Lipinski definition) is 2. The van der Waals surface area contributed by atoms with Crippen LogP contribution in [0.5, 0.6) is 0 Å². The molecule has 0 amide bonds. The second-order valence-corrected chi connectivity index (χ2v) is 6.54. The first-order chi connectivity index (χ1) is 13.2. The van der Waals surface area contributed by atoms with Crippen LogP contribution in [0.25, 0.3) is 10.8 Å². The minimum absolute atomic E-state index is 0.242. The number of nitrogens with zero attached hydrogens (tertiary/aromatic N) is 2. The van der Waals surface area contributed by atoms with Crippen molar-refractivity contribution in [2.75, 3.05) is 0 Å². The van der Waals surface area contributed by atoms with Crippen LogP contribution in [0, 0.1) is 0 Å². The molecule has 27 heavy (non-hydrogen) atoms. The molecule has 0 aliphatic rings. The summed E-state index contributed by atoms with van der Waals surface area (Å²) in [5, 5.41) is 21.3. The fourth-order valence-corrected chi connectivity index (χ4v) is 3.13. The van der Waals surface area contributed by atoms with Crippen molar-refractivity contribution in [1.29, 1.82) is 0 Å². The molecule has 4 nitrogen and oxygen atoms in total. The number of aliphatic hydroxyl groups is 1. The van der Waals surface area contributed by atoms with Crippen molar-refractivity contribution in [3.8, 4) is 0 Å². The maximum Gasteiger partial charge on any atom is 0.125 e. The van der Waals surface area contributed by atoms with E-state index in [-0.39, 0.29) is 6.42 Å². The third kappa shape index (κ3) is 4.80. The summed E-state index contributed by atoms with van der Waals surface area (Å²) >= 11 is 0. The van der Waals surface area contributed by atoms with Crippen LogP contribution in [0.4, 0.5) is 0 Å². The van der Waals surface area contributed by atoms with Gasteiger partial charge in [0.25, 0.3) is 0 Å². The van der Waals surface area contributed by atoms with Crippen molar-refractivity contribution in [3.63, 3.8) is 0 Å². The Morgan fingerprint density at radius 1 is 0.926 bits per heavy atom. The van der Waals surface area contributed by atoms with E-state index >= 15 is 0 Å². The molecule has 0 aliphatic heterocycles. The Hall–Kier alpha value is -2.98. The van der Waals surface area contributed by atoms with Crippen molar-refractivity contribution < 1.29 is 5.11 Å². The number of fused-ring (bicyclic) bond motifs is 1. The van der Waals surface area contributed by atoms with Crippen LogP contribution in [0.3, 0.4) is 0 Å². The standard InChI is InChI=1S/C23H25N3O/c1-2-9-21(18-11-4-3-5-12-18)25-26-23(24)16-22(27)20-15-8-13-17-10-6-7-14-19(17)20/h3-8,10-15,22,27H,2,9,16H2,1H3,(H2,24,26)/b25-21+. The Labute approximate surface area is 160 Å². The average Bonchev–Trinajstić information content (AvgIpc) is 2.71. The first-order valence-electron chi connectivity index (χ1n) is 9.29. The number of rotatable bonds is 7. The molecule has 138 valence electrons. The van der Waals surface area contributed by atoms with Gasteiger partial charge in [-0.25, -0.2) is 0 Å². The molecule has 3 N–H and O–H groups in total. The Bertz CT molecular complexity index is 943. The molecular weight excluding hydrogens is 334 g/mol. The molecule has 0 aliphatic carbocycles. The fraction of sp³-hybridized carbons (Fsp3) is 0.217. The van der Waals surface area contributed by atoms with E-state index in [9.17, 15) is 5.11 Å². The van der Waals surface area contributed by atoms with Gasteiger partial charge in [0.1, 0.15) is 5.84 Å². The SMILES string of the molecule is CCC/C(=N\N=C(/N)CC(O)c1cccc2ccccc12)c1ccccc1. The molecule has 0 bridgehead atoms. The average molecular weight is 359 g/mol. The number of benzene rings is 3. The lowest BCUT2D eigenvalue weighted by atomic mass is 9.98. The van der Waals surface area contributed by atoms with Crippen molar-refractivity contribution >= 4 is 22.3 Å². The normalized spacial score (nSPS) is 13.7. The van der Waals surface area contributed by atoms with Gasteiger partial charge in [-0.2, -0.15) is 5.10 Å². The van der Waals surface area contributed by atoms with Crippen molar-refractivity contribution in [1.82, 2.24) is 0 Å². The minimum Gasteiger partial charge on any atom is -0.388 e. The second-order valence-electron chi connectivity index (χ2n) is 6.54. The molecule has 0 heterocycles. The monoisotopic (exact) mass is 359 g/mol. The van der Waals surface area contributed by atoms with Crippen LogP contribution in [-0.2, 0) is 0 Å². The molecule has 1 atom stereocenters. The highest BCUT2D eigenvalue weighted by Gasteiger charge is 2.13. The van der Waals surface area contributed by atoms with E-state index < -0.39 is 6.10 Å². The van der Waals surface area contributed by atoms with Gasteiger partial charge in [0.2, 0.25) is 0 Å². The van der Waals surface area contributed by atoms with Gasteiger partial charge in [0, 0.05) is 6.42 Å². The van der Waals surface area contributed by atoms with E-state index in [4.69, 9.17) is 5.73 Å². The zero-order valence-corrected chi connectivity index (χ0v) is 15.5. The van der Waals surface area contributed by atoms with Gasteiger partial charge >= 0.3 is 0 Å². The van der Waals surface area contributed by atoms with Crippen molar-refractivity contribution in [3.05, 3.63) is 83.9 Å². The number of nitrogens with two attached hydrogens (primary N) is 1. The third-order valence-electron chi connectivity index (χ3n) is 4.48. The van der Waals surface area contributed by atoms with Gasteiger partial charge in [-0.15, -0.1) is 5.10 Å². The Kier molecular flexibility index (Phi) is 6.34. The summed E-state index contributed by atoms with van der Waals surface area (Å²) in [7, 11) is 0. The fourth-order valence-electron chi connectivity index (χ4n) is 3.13. The Morgan fingerprint density at radius 2 is 1.63 bits per heavy atom. The third-order valence-corrected chi connectivity index (χ3v) is 4.48. The predicted molar refractivity (Wildman–Crippen MR) is 113 cm³/mol. The topological polar surface area (TPSA) is 71.0 Å². The highest BCUT2D eigenvalue weighted by molar-refractivity contribution is 6.00. The van der Waals surface area contributed by atoms with Crippen molar-refractivity contribution in [2.45, 2.75) is 32.3 Å². The predicted octanol–water partition coefficient (Wildman–Crippen LogP) is 4.82. The van der Waals surface area contributed by atoms with Gasteiger partial charge < -0.3 is 10.8 Å². The molecule has 3 aromatic rings. The lowest BCUT2D eigenvalue weighted by Crippen LogP contribution is -2.16. The Balaban J connectivity index is 1.79. The first-order valence-corrected chi connectivity index (χ1v) is 9.29. The molecule has 0 radical (unpaired) electrons. The van der Waals surface area contributed by atoms with Crippen LogP contribution in [0.15, 0.2) is 83.0 Å². The number of aliphatic hydroxyl groups excluding tert-OH is 1. The van der Waals surface area contributed by atoms with Gasteiger partial charge in [0.05, 0.1) is 11.8 Å². The molecule has 3 aromatic carbocycles. The molecule has 0 fully saturated rings.